The number of ether oxygens (including phenoxy) is 1. The highest BCUT2D eigenvalue weighted by atomic mass is 79.9. The van der Waals surface area contributed by atoms with Crippen molar-refractivity contribution in [3.63, 3.8) is 0 Å². The van der Waals surface area contributed by atoms with E-state index in [2.05, 4.69) is 21.2 Å². The summed E-state index contributed by atoms with van der Waals surface area (Å²) in [4.78, 5) is 13.2. The van der Waals surface area contributed by atoms with Gasteiger partial charge < -0.3 is 15.8 Å². The molecule has 19 heavy (non-hydrogen) atoms. The normalized spacial score (nSPS) is 10.2. The van der Waals surface area contributed by atoms with Crippen LogP contribution in [-0.2, 0) is 6.54 Å². The number of carbonyl (C=O) groups excluding carboxylic acids is 1. The number of amides is 1. The molecule has 2 rings (SSSR count). The smallest absolute Gasteiger partial charge is 0.255 e. The molecule has 2 aromatic rings. The third-order valence-corrected chi connectivity index (χ3v) is 4.52. The van der Waals surface area contributed by atoms with E-state index < -0.39 is 0 Å². The topological polar surface area (TPSA) is 64.3 Å². The molecule has 0 saturated carbocycles. The molecule has 3 N–H and O–H groups in total. The average Bonchev–Trinajstić information content (AvgIpc) is 2.81. The molecule has 0 bridgehead atoms. The number of methoxy groups -OCH3 is 1. The van der Waals surface area contributed by atoms with Crippen molar-refractivity contribution in [2.45, 2.75) is 6.54 Å². The fourth-order valence-corrected chi connectivity index (χ4v) is 3.10. The Morgan fingerprint density at radius 2 is 2.26 bits per heavy atom. The van der Waals surface area contributed by atoms with Gasteiger partial charge in [-0.1, -0.05) is 6.07 Å². The van der Waals surface area contributed by atoms with Crippen LogP contribution in [0.15, 0.2) is 34.1 Å². The van der Waals surface area contributed by atoms with Crippen LogP contribution < -0.4 is 15.8 Å². The number of hydrogen-bond donors (Lipinski definition) is 2. The van der Waals surface area contributed by atoms with E-state index in [1.807, 2.05) is 11.4 Å². The molecular formula is C13H13BrN2O2S. The summed E-state index contributed by atoms with van der Waals surface area (Å²) in [5, 5.41) is 4.81. The molecule has 1 heterocycles. The maximum atomic E-state index is 12.1. The zero-order valence-corrected chi connectivity index (χ0v) is 12.7. The van der Waals surface area contributed by atoms with Crippen molar-refractivity contribution in [2.24, 2.45) is 0 Å². The van der Waals surface area contributed by atoms with Crippen LogP contribution >= 0.6 is 27.3 Å². The summed E-state index contributed by atoms with van der Waals surface area (Å²) in [5.41, 5.74) is 6.67. The van der Waals surface area contributed by atoms with Crippen LogP contribution in [0.5, 0.6) is 5.75 Å². The van der Waals surface area contributed by atoms with Crippen molar-refractivity contribution in [1.82, 2.24) is 5.32 Å². The largest absolute Gasteiger partial charge is 0.494 e. The van der Waals surface area contributed by atoms with E-state index in [0.29, 0.717) is 23.5 Å². The molecule has 1 aromatic carbocycles. The summed E-state index contributed by atoms with van der Waals surface area (Å²) in [5.74, 6) is 0.203. The molecule has 0 aliphatic heterocycles. The fourth-order valence-electron chi connectivity index (χ4n) is 1.67. The molecule has 0 saturated heterocycles. The third kappa shape index (κ3) is 3.08. The Balaban J connectivity index is 2.12. The summed E-state index contributed by atoms with van der Waals surface area (Å²) in [7, 11) is 1.50. The molecule has 0 atom stereocenters. The van der Waals surface area contributed by atoms with Crippen LogP contribution in [0.2, 0.25) is 0 Å². The van der Waals surface area contributed by atoms with Crippen LogP contribution in [-0.4, -0.2) is 13.0 Å². The van der Waals surface area contributed by atoms with Crippen molar-refractivity contribution >= 4 is 38.9 Å². The Morgan fingerprint density at radius 3 is 2.89 bits per heavy atom. The van der Waals surface area contributed by atoms with E-state index in [4.69, 9.17) is 10.5 Å². The molecule has 1 amide bonds. The minimum Gasteiger partial charge on any atom is -0.494 e. The number of para-hydroxylation sites is 1. The molecule has 0 aliphatic rings. The first-order valence-corrected chi connectivity index (χ1v) is 7.23. The SMILES string of the molecule is COc1c(N)cccc1C(=O)NCc1sccc1Br. The molecule has 0 unspecified atom stereocenters. The van der Waals surface area contributed by atoms with Crippen LogP contribution in [0.1, 0.15) is 15.2 Å². The van der Waals surface area contributed by atoms with Gasteiger partial charge in [-0.3, -0.25) is 4.79 Å². The predicted molar refractivity (Wildman–Crippen MR) is 80.6 cm³/mol. The van der Waals surface area contributed by atoms with Crippen LogP contribution in [0, 0.1) is 0 Å². The second kappa shape index (κ2) is 6.08. The Hall–Kier alpha value is -1.53. The van der Waals surface area contributed by atoms with Crippen molar-refractivity contribution < 1.29 is 9.53 Å². The molecule has 0 spiro atoms. The summed E-state index contributed by atoms with van der Waals surface area (Å²) in [6.07, 6.45) is 0. The molecular weight excluding hydrogens is 328 g/mol. The van der Waals surface area contributed by atoms with Gasteiger partial charge in [0.15, 0.2) is 5.75 Å². The lowest BCUT2D eigenvalue weighted by atomic mass is 10.1. The van der Waals surface area contributed by atoms with E-state index in [1.54, 1.807) is 29.5 Å². The molecule has 0 fully saturated rings. The third-order valence-electron chi connectivity index (χ3n) is 2.59. The van der Waals surface area contributed by atoms with Crippen LogP contribution in [0.4, 0.5) is 5.69 Å². The maximum absolute atomic E-state index is 12.1. The number of thiophene rings is 1. The van der Waals surface area contributed by atoms with Crippen molar-refractivity contribution in [3.05, 3.63) is 44.6 Å². The molecule has 100 valence electrons. The van der Waals surface area contributed by atoms with Gasteiger partial charge in [0, 0.05) is 9.35 Å². The summed E-state index contributed by atoms with van der Waals surface area (Å²) in [6.45, 7) is 0.467. The van der Waals surface area contributed by atoms with Crippen LogP contribution in [0.3, 0.4) is 0 Å². The molecule has 1 aromatic heterocycles. The number of nitrogens with two attached hydrogens (primary N) is 1. The lowest BCUT2D eigenvalue weighted by molar-refractivity contribution is 0.0948. The average molecular weight is 341 g/mol. The second-order valence-corrected chi connectivity index (χ2v) is 5.66. The van der Waals surface area contributed by atoms with Gasteiger partial charge in [0.05, 0.1) is 24.9 Å². The van der Waals surface area contributed by atoms with E-state index in [1.165, 1.54) is 7.11 Å². The zero-order valence-electron chi connectivity index (χ0n) is 10.3. The van der Waals surface area contributed by atoms with Crippen LogP contribution in [0.25, 0.3) is 0 Å². The Morgan fingerprint density at radius 1 is 1.47 bits per heavy atom. The first-order chi connectivity index (χ1) is 9.13. The van der Waals surface area contributed by atoms with E-state index in [-0.39, 0.29) is 5.91 Å². The van der Waals surface area contributed by atoms with Crippen molar-refractivity contribution in [3.8, 4) is 5.75 Å². The molecule has 0 aliphatic carbocycles. The molecule has 4 nitrogen and oxygen atoms in total. The van der Waals surface area contributed by atoms with Crippen molar-refractivity contribution in [2.75, 3.05) is 12.8 Å². The van der Waals surface area contributed by atoms with Gasteiger partial charge in [0.2, 0.25) is 0 Å². The Bertz CT molecular complexity index is 598. The standard InChI is InChI=1S/C13H13BrN2O2S/c1-18-12-8(3-2-4-10(12)15)13(17)16-7-11-9(14)5-6-19-11/h2-6H,7,15H2,1H3,(H,16,17). The van der Waals surface area contributed by atoms with Gasteiger partial charge >= 0.3 is 0 Å². The highest BCUT2D eigenvalue weighted by molar-refractivity contribution is 9.10. The minimum absolute atomic E-state index is 0.204. The molecule has 6 heteroatoms. The lowest BCUT2D eigenvalue weighted by Crippen LogP contribution is -2.23. The monoisotopic (exact) mass is 340 g/mol. The number of benzene rings is 1. The van der Waals surface area contributed by atoms with E-state index in [9.17, 15) is 4.79 Å². The number of hydrogen-bond acceptors (Lipinski definition) is 4. The van der Waals surface area contributed by atoms with Gasteiger partial charge in [0.25, 0.3) is 5.91 Å². The first-order valence-electron chi connectivity index (χ1n) is 5.56. The lowest BCUT2D eigenvalue weighted by Gasteiger charge is -2.10. The van der Waals surface area contributed by atoms with E-state index >= 15 is 0 Å². The van der Waals surface area contributed by atoms with E-state index in [0.717, 1.165) is 9.35 Å². The predicted octanol–water partition coefficient (Wildman–Crippen LogP) is 3.03. The number of carbonyl (C=O) groups is 1. The Labute approximate surface area is 123 Å². The number of rotatable bonds is 4. The number of nitrogen functional groups attached to an aromatic ring is 1. The first kappa shape index (κ1) is 13.9. The number of nitrogens with one attached hydrogen (secondary N) is 1. The zero-order chi connectivity index (χ0) is 13.8. The summed E-state index contributed by atoms with van der Waals surface area (Å²) >= 11 is 5.01. The van der Waals surface area contributed by atoms with Gasteiger partial charge in [0.1, 0.15) is 0 Å². The number of anilines is 1. The number of halogens is 1. The highest BCUT2D eigenvalue weighted by Gasteiger charge is 2.14. The summed E-state index contributed by atoms with van der Waals surface area (Å²) in [6, 6.07) is 7.07. The van der Waals surface area contributed by atoms with Gasteiger partial charge in [-0.15, -0.1) is 11.3 Å². The summed E-state index contributed by atoms with van der Waals surface area (Å²) < 4.78 is 6.16. The van der Waals surface area contributed by atoms with Crippen molar-refractivity contribution in [1.29, 1.82) is 0 Å². The second-order valence-electron chi connectivity index (χ2n) is 3.80. The molecule has 0 radical (unpaired) electrons. The van der Waals surface area contributed by atoms with Gasteiger partial charge in [-0.05, 0) is 39.5 Å². The highest BCUT2D eigenvalue weighted by Crippen LogP contribution is 2.26. The van der Waals surface area contributed by atoms with Gasteiger partial charge in [-0.25, -0.2) is 0 Å². The minimum atomic E-state index is -0.204. The fraction of sp³-hybridized carbons (Fsp3) is 0.154. The van der Waals surface area contributed by atoms with Gasteiger partial charge in [-0.2, -0.15) is 0 Å². The Kier molecular flexibility index (Phi) is 4.44. The maximum Gasteiger partial charge on any atom is 0.255 e. The quantitative estimate of drug-likeness (QED) is 0.840.